The van der Waals surface area contributed by atoms with Gasteiger partial charge in [0.1, 0.15) is 0 Å². The summed E-state index contributed by atoms with van der Waals surface area (Å²) in [5.74, 6) is 0. The van der Waals surface area contributed by atoms with Gasteiger partial charge in [-0.1, -0.05) is 93.1 Å². The average Bonchev–Trinajstić information content (AvgIpc) is 2.97. The van der Waals surface area contributed by atoms with Gasteiger partial charge in [-0.2, -0.15) is 0 Å². The number of hydrogen-bond donors (Lipinski definition) is 0. The monoisotopic (exact) mass is 400 g/mol. The minimum Gasteiger partial charge on any atom is -0.399 e. The van der Waals surface area contributed by atoms with Crippen molar-refractivity contribution in [3.05, 3.63) is 78.9 Å². The molecule has 0 atom stereocenters. The molecule has 156 valence electrons. The predicted octanol–water partition coefficient (Wildman–Crippen LogP) is 6.74. The molecule has 1 heterocycles. The van der Waals surface area contributed by atoms with Gasteiger partial charge in [-0.3, -0.25) is 0 Å². The summed E-state index contributed by atoms with van der Waals surface area (Å²) in [6, 6.07) is 27.6. The van der Waals surface area contributed by atoms with E-state index in [0.29, 0.717) is 0 Å². The Hall–Kier alpha value is -2.36. The van der Waals surface area contributed by atoms with E-state index in [1.165, 1.54) is 28.7 Å². The van der Waals surface area contributed by atoms with Gasteiger partial charge in [-0.25, -0.2) is 0 Å². The molecule has 30 heavy (non-hydrogen) atoms. The maximum absolute atomic E-state index is 6.21. The molecule has 0 radical (unpaired) electrons. The molecular formula is C27H33BO2. The Bertz CT molecular complexity index is 947. The third-order valence-corrected chi connectivity index (χ3v) is 5.72. The fourth-order valence-electron chi connectivity index (χ4n) is 3.35. The molecule has 3 aromatic rings. The minimum absolute atomic E-state index is 0.332. The molecule has 0 amide bonds. The van der Waals surface area contributed by atoms with E-state index < -0.39 is 0 Å². The van der Waals surface area contributed by atoms with Gasteiger partial charge in [0.15, 0.2) is 0 Å². The molecule has 1 aliphatic heterocycles. The Morgan fingerprint density at radius 3 is 1.60 bits per heavy atom. The lowest BCUT2D eigenvalue weighted by molar-refractivity contribution is 0.00578. The summed E-state index contributed by atoms with van der Waals surface area (Å²) < 4.78 is 12.4. The maximum atomic E-state index is 6.21. The normalized spacial score (nSPS) is 16.7. The first-order valence-corrected chi connectivity index (χ1v) is 10.9. The molecule has 0 saturated carbocycles. The molecule has 1 aliphatic rings. The summed E-state index contributed by atoms with van der Waals surface area (Å²) >= 11 is 0. The van der Waals surface area contributed by atoms with Crippen LogP contribution in [0.25, 0.3) is 22.3 Å². The number of benzene rings is 3. The second-order valence-electron chi connectivity index (χ2n) is 8.87. The third kappa shape index (κ3) is 4.85. The van der Waals surface area contributed by atoms with Crippen molar-refractivity contribution >= 4 is 12.6 Å². The van der Waals surface area contributed by atoms with Gasteiger partial charge in [-0.05, 0) is 61.5 Å². The quantitative estimate of drug-likeness (QED) is 0.454. The van der Waals surface area contributed by atoms with Crippen molar-refractivity contribution in [3.8, 4) is 22.3 Å². The van der Waals surface area contributed by atoms with Crippen LogP contribution in [-0.4, -0.2) is 18.3 Å². The van der Waals surface area contributed by atoms with Crippen LogP contribution in [0.1, 0.15) is 48.0 Å². The second-order valence-corrected chi connectivity index (χ2v) is 8.87. The van der Waals surface area contributed by atoms with Crippen molar-refractivity contribution in [3.63, 3.8) is 0 Å². The molecule has 0 bridgehead atoms. The summed E-state index contributed by atoms with van der Waals surface area (Å²) in [5.41, 5.74) is 5.18. The highest BCUT2D eigenvalue weighted by molar-refractivity contribution is 6.62. The van der Waals surface area contributed by atoms with Crippen molar-refractivity contribution in [2.75, 3.05) is 0 Å². The molecule has 3 aromatic carbocycles. The first-order valence-electron chi connectivity index (χ1n) is 10.9. The van der Waals surface area contributed by atoms with Crippen molar-refractivity contribution in [1.82, 2.24) is 0 Å². The number of rotatable bonds is 3. The Balaban J connectivity index is 0.000000806. The summed E-state index contributed by atoms with van der Waals surface area (Å²) in [7, 11) is -0.341. The number of hydrogen-bond acceptors (Lipinski definition) is 2. The SMILES string of the molecule is CC1(C)OB(c2cccc(-c3cccc(-c4ccccc4)c3)c2)OC1(C)C.CCC. The third-order valence-electron chi connectivity index (χ3n) is 5.72. The van der Waals surface area contributed by atoms with Gasteiger partial charge in [0, 0.05) is 0 Å². The molecule has 4 rings (SSSR count). The first-order chi connectivity index (χ1) is 14.3. The zero-order chi connectivity index (χ0) is 21.8. The maximum Gasteiger partial charge on any atom is 0.494 e. The van der Waals surface area contributed by atoms with Gasteiger partial charge >= 0.3 is 7.12 Å². The Morgan fingerprint density at radius 2 is 1.03 bits per heavy atom. The zero-order valence-corrected chi connectivity index (χ0v) is 19.1. The standard InChI is InChI=1S/C24H25BO2.C3H8/c1-23(2)24(3,4)27-25(26-23)22-15-9-14-21(17-22)20-13-8-12-19(16-20)18-10-6-5-7-11-18;1-3-2/h5-17H,1-4H3;3H2,1-2H3. The van der Waals surface area contributed by atoms with Crippen LogP contribution in [0.2, 0.25) is 0 Å². The van der Waals surface area contributed by atoms with E-state index in [4.69, 9.17) is 9.31 Å². The van der Waals surface area contributed by atoms with Gasteiger partial charge in [0.2, 0.25) is 0 Å². The van der Waals surface area contributed by atoms with E-state index in [9.17, 15) is 0 Å². The summed E-state index contributed by atoms with van der Waals surface area (Å²) in [6.07, 6.45) is 1.25. The van der Waals surface area contributed by atoms with Gasteiger partial charge in [-0.15, -0.1) is 0 Å². The van der Waals surface area contributed by atoms with Crippen LogP contribution in [0, 0.1) is 0 Å². The van der Waals surface area contributed by atoms with E-state index in [-0.39, 0.29) is 18.3 Å². The van der Waals surface area contributed by atoms with E-state index in [2.05, 4.69) is 114 Å². The van der Waals surface area contributed by atoms with Crippen LogP contribution in [0.3, 0.4) is 0 Å². The Labute approximate surface area is 182 Å². The smallest absolute Gasteiger partial charge is 0.399 e. The highest BCUT2D eigenvalue weighted by Crippen LogP contribution is 2.36. The molecule has 2 nitrogen and oxygen atoms in total. The fourth-order valence-corrected chi connectivity index (χ4v) is 3.35. The Morgan fingerprint density at radius 1 is 0.600 bits per heavy atom. The highest BCUT2D eigenvalue weighted by Gasteiger charge is 2.51. The van der Waals surface area contributed by atoms with Crippen LogP contribution in [0.5, 0.6) is 0 Å². The molecular weight excluding hydrogens is 367 g/mol. The van der Waals surface area contributed by atoms with Crippen LogP contribution < -0.4 is 5.46 Å². The van der Waals surface area contributed by atoms with E-state index >= 15 is 0 Å². The molecule has 3 heteroatoms. The fraction of sp³-hybridized carbons (Fsp3) is 0.333. The van der Waals surface area contributed by atoms with Crippen LogP contribution in [0.15, 0.2) is 78.9 Å². The van der Waals surface area contributed by atoms with Crippen LogP contribution >= 0.6 is 0 Å². The van der Waals surface area contributed by atoms with Gasteiger partial charge in [0.05, 0.1) is 11.2 Å². The van der Waals surface area contributed by atoms with Crippen LogP contribution in [0.4, 0.5) is 0 Å². The molecule has 0 spiro atoms. The van der Waals surface area contributed by atoms with Crippen LogP contribution in [-0.2, 0) is 9.31 Å². The summed E-state index contributed by atoms with van der Waals surface area (Å²) in [4.78, 5) is 0. The lowest BCUT2D eigenvalue weighted by atomic mass is 9.78. The zero-order valence-electron chi connectivity index (χ0n) is 19.1. The van der Waals surface area contributed by atoms with Gasteiger partial charge < -0.3 is 9.31 Å². The summed E-state index contributed by atoms with van der Waals surface area (Å²) in [5, 5.41) is 0. The largest absolute Gasteiger partial charge is 0.494 e. The first kappa shape index (κ1) is 22.3. The second kappa shape index (κ2) is 9.20. The van der Waals surface area contributed by atoms with E-state index in [0.717, 1.165) is 5.46 Å². The predicted molar refractivity (Wildman–Crippen MR) is 129 cm³/mol. The molecule has 0 aromatic heterocycles. The van der Waals surface area contributed by atoms with Crippen molar-refractivity contribution < 1.29 is 9.31 Å². The average molecular weight is 400 g/mol. The van der Waals surface area contributed by atoms with E-state index in [1.807, 2.05) is 6.07 Å². The highest BCUT2D eigenvalue weighted by atomic mass is 16.7. The molecule has 1 fully saturated rings. The molecule has 0 aliphatic carbocycles. The van der Waals surface area contributed by atoms with Gasteiger partial charge in [0.25, 0.3) is 0 Å². The summed E-state index contributed by atoms with van der Waals surface area (Å²) in [6.45, 7) is 12.6. The lowest BCUT2D eigenvalue weighted by Crippen LogP contribution is -2.41. The van der Waals surface area contributed by atoms with Crippen molar-refractivity contribution in [1.29, 1.82) is 0 Å². The molecule has 0 N–H and O–H groups in total. The Kier molecular flexibility index (Phi) is 6.85. The lowest BCUT2D eigenvalue weighted by Gasteiger charge is -2.32. The topological polar surface area (TPSA) is 18.5 Å². The van der Waals surface area contributed by atoms with E-state index in [1.54, 1.807) is 0 Å². The molecule has 1 saturated heterocycles. The minimum atomic E-state index is -0.341. The molecule has 0 unspecified atom stereocenters. The van der Waals surface area contributed by atoms with Crippen molar-refractivity contribution in [2.24, 2.45) is 0 Å². The van der Waals surface area contributed by atoms with Crippen molar-refractivity contribution in [2.45, 2.75) is 59.2 Å².